The van der Waals surface area contributed by atoms with Crippen LogP contribution in [0.1, 0.15) is 13.8 Å². The Morgan fingerprint density at radius 1 is 1.00 bits per heavy atom. The normalized spacial score (nSPS) is 2.80. The molecule has 102 valence electrons. The van der Waals surface area contributed by atoms with Gasteiger partial charge in [-0.05, 0) is 0 Å². The third kappa shape index (κ3) is 1760. The van der Waals surface area contributed by atoms with Crippen LogP contribution in [0.4, 0.5) is 0 Å². The fraction of sp³-hybridized carbons (Fsp3) is 0.500. The van der Waals surface area contributed by atoms with Crippen LogP contribution < -0.4 is 0 Å². The summed E-state index contributed by atoms with van der Waals surface area (Å²) in [6, 6.07) is 0. The minimum atomic E-state index is -0.250. The third-order valence-corrected chi connectivity index (χ3v) is 0. The van der Waals surface area contributed by atoms with E-state index in [1.807, 2.05) is 13.8 Å². The van der Waals surface area contributed by atoms with Crippen molar-refractivity contribution in [2.24, 2.45) is 0 Å². The summed E-state index contributed by atoms with van der Waals surface area (Å²) in [5, 5.41) is 6.89. The minimum absolute atomic E-state index is 0. The van der Waals surface area contributed by atoms with Gasteiger partial charge in [0.2, 0.25) is 0 Å². The van der Waals surface area contributed by atoms with Gasteiger partial charge in [-0.1, -0.05) is 13.8 Å². The monoisotopic (exact) mass is 328 g/mol. The van der Waals surface area contributed by atoms with Crippen molar-refractivity contribution >= 4 is 12.6 Å². The summed E-state index contributed by atoms with van der Waals surface area (Å²) in [7, 11) is 0. The van der Waals surface area contributed by atoms with Crippen LogP contribution in [0.15, 0.2) is 0 Å². The van der Waals surface area contributed by atoms with Crippen molar-refractivity contribution < 1.29 is 64.5 Å². The second kappa shape index (κ2) is 1720. The van der Waals surface area contributed by atoms with E-state index in [0.29, 0.717) is 0 Å². The molecular formula is C4H10Cu2O9. The van der Waals surface area contributed by atoms with Crippen molar-refractivity contribution in [1.82, 2.24) is 0 Å². The van der Waals surface area contributed by atoms with E-state index >= 15 is 0 Å². The summed E-state index contributed by atoms with van der Waals surface area (Å²) < 4.78 is 15.6. The first-order valence-corrected chi connectivity index (χ1v) is 3.08. The molecule has 15 heavy (non-hydrogen) atoms. The molecule has 0 aliphatic heterocycles. The summed E-state index contributed by atoms with van der Waals surface area (Å²) >= 11 is 5.88. The Kier molecular flexibility index (Phi) is 5530. The van der Waals surface area contributed by atoms with Gasteiger partial charge in [-0.3, -0.25) is 4.79 Å². The Morgan fingerprint density at radius 2 is 1.00 bits per heavy atom. The van der Waals surface area contributed by atoms with Crippen LogP contribution in [0.25, 0.3) is 0 Å². The van der Waals surface area contributed by atoms with Crippen LogP contribution in [-0.2, 0) is 53.9 Å². The molecule has 3 N–H and O–H groups in total. The van der Waals surface area contributed by atoms with Gasteiger partial charge >= 0.3 is 45.7 Å². The summed E-state index contributed by atoms with van der Waals surface area (Å²) in [6.45, 7) is 3.75. The SMILES string of the molecule is CC.O.O=C=O.O=CO.O=O.[O]=[Cu].[O]=[Cu]. The molecule has 0 fully saturated rings. The van der Waals surface area contributed by atoms with Crippen LogP contribution in [0.2, 0.25) is 0 Å². The van der Waals surface area contributed by atoms with E-state index in [1.54, 1.807) is 0 Å². The van der Waals surface area contributed by atoms with E-state index in [1.165, 1.54) is 0 Å². The molecule has 0 amide bonds. The average molecular weight is 329 g/mol. The fourth-order valence-corrected chi connectivity index (χ4v) is 0. The van der Waals surface area contributed by atoms with Crippen molar-refractivity contribution in [3.8, 4) is 0 Å². The number of hydrogen-bond acceptors (Lipinski definition) is 7. The molecule has 0 radical (unpaired) electrons. The molecule has 9 nitrogen and oxygen atoms in total. The Balaban J connectivity index is -0.0000000103. The molecule has 0 bridgehead atoms. The van der Waals surface area contributed by atoms with Crippen molar-refractivity contribution in [2.45, 2.75) is 13.8 Å². The molecule has 0 aromatic rings. The number of rotatable bonds is 0. The Labute approximate surface area is 101 Å². The summed E-state index contributed by atoms with van der Waals surface area (Å²) in [4.78, 5) is 38.6. The van der Waals surface area contributed by atoms with Gasteiger partial charge in [0, 0.05) is 9.93 Å². The van der Waals surface area contributed by atoms with Crippen molar-refractivity contribution in [1.29, 1.82) is 0 Å². The van der Waals surface area contributed by atoms with Gasteiger partial charge in [0.25, 0.3) is 6.47 Å². The van der Waals surface area contributed by atoms with Gasteiger partial charge in [0.1, 0.15) is 0 Å². The molecule has 0 aromatic carbocycles. The van der Waals surface area contributed by atoms with Crippen molar-refractivity contribution in [3.05, 3.63) is 9.93 Å². The number of carboxylic acid groups (broad SMARTS) is 1. The molecule has 11 heteroatoms. The summed E-state index contributed by atoms with van der Waals surface area (Å²) in [6.07, 6.45) is 0.250. The molecule has 0 atom stereocenters. The van der Waals surface area contributed by atoms with Crippen LogP contribution in [0.3, 0.4) is 0 Å². The molecule has 0 saturated carbocycles. The van der Waals surface area contributed by atoms with Gasteiger partial charge in [-0.15, -0.1) is 0 Å². The first kappa shape index (κ1) is 48.1. The van der Waals surface area contributed by atoms with Gasteiger partial charge in [0.15, 0.2) is 0 Å². The number of hydrogen-bond donors (Lipinski definition) is 1. The molecule has 0 aliphatic carbocycles. The van der Waals surface area contributed by atoms with Crippen LogP contribution in [-0.4, -0.2) is 23.2 Å². The van der Waals surface area contributed by atoms with Crippen LogP contribution in [0, 0.1) is 9.93 Å². The van der Waals surface area contributed by atoms with Gasteiger partial charge < -0.3 is 10.6 Å². The molecule has 0 aromatic heterocycles. The summed E-state index contributed by atoms with van der Waals surface area (Å²) in [5.74, 6) is 0. The van der Waals surface area contributed by atoms with E-state index in [-0.39, 0.29) is 18.1 Å². The second-order valence-electron chi connectivity index (χ2n) is 0.189. The van der Waals surface area contributed by atoms with Crippen molar-refractivity contribution in [2.75, 3.05) is 0 Å². The maximum atomic E-state index is 8.36. The molecule has 0 unspecified atom stereocenters. The molecule has 0 aliphatic rings. The van der Waals surface area contributed by atoms with Crippen LogP contribution in [0.5, 0.6) is 0 Å². The molecular weight excluding hydrogens is 319 g/mol. The fourth-order valence-electron chi connectivity index (χ4n) is 0. The maximum absolute atomic E-state index is 8.36. The van der Waals surface area contributed by atoms with Crippen molar-refractivity contribution in [3.63, 3.8) is 0 Å². The third-order valence-electron chi connectivity index (χ3n) is 0. The average Bonchev–Trinajstić information content (AvgIpc) is 2.31. The molecule has 0 rings (SSSR count). The van der Waals surface area contributed by atoms with Gasteiger partial charge in [-0.25, -0.2) is 0 Å². The molecule has 0 spiro atoms. The predicted octanol–water partition coefficient (Wildman–Crippen LogP) is -0.857. The Hall–Kier alpha value is -0.951. The Morgan fingerprint density at radius 3 is 1.00 bits per heavy atom. The zero-order chi connectivity index (χ0) is 13.4. The van der Waals surface area contributed by atoms with Gasteiger partial charge in [-0.2, -0.15) is 9.59 Å². The van der Waals surface area contributed by atoms with Gasteiger partial charge in [0.05, 0.1) is 0 Å². The summed E-state index contributed by atoms with van der Waals surface area (Å²) in [5.41, 5.74) is 0. The first-order valence-electron chi connectivity index (χ1n) is 2.31. The molecule has 0 saturated heterocycles. The first-order chi connectivity index (χ1) is 6.83. The van der Waals surface area contributed by atoms with E-state index < -0.39 is 0 Å². The van der Waals surface area contributed by atoms with E-state index in [9.17, 15) is 0 Å². The quantitative estimate of drug-likeness (QED) is 0.441. The zero-order valence-corrected chi connectivity index (χ0v) is 9.37. The predicted molar refractivity (Wildman–Crippen MR) is 36.8 cm³/mol. The topological polar surface area (TPSA) is 171 Å². The van der Waals surface area contributed by atoms with E-state index in [0.717, 1.165) is 0 Å². The zero-order valence-electron chi connectivity index (χ0n) is 7.49. The standard InChI is InChI=1S/C2H6.CH2O2.CO2.2Cu.O2.H2O.2O/c1-2;2*2-1-3;;;1-2;;;/h1-2H3;1H,(H,2,3);;;;;1H2;;. The Bertz CT molecular complexity index is 89.4. The molecule has 0 heterocycles. The number of carbonyl (C=O) groups excluding carboxylic acids is 2. The van der Waals surface area contributed by atoms with E-state index in [2.05, 4.69) is 31.9 Å². The van der Waals surface area contributed by atoms with Crippen LogP contribution >= 0.6 is 0 Å². The van der Waals surface area contributed by atoms with E-state index in [4.69, 9.17) is 37.1 Å². The second-order valence-corrected chi connectivity index (χ2v) is 0.189. The number of carbonyl (C=O) groups is 1.